The molecule has 9 N–H and O–H groups in total. The molecule has 0 aromatic heterocycles. The summed E-state index contributed by atoms with van der Waals surface area (Å²) in [6.07, 6.45) is -16.9. The van der Waals surface area contributed by atoms with Crippen LogP contribution in [0.5, 0.6) is 0 Å². The smallest absolute Gasteiger partial charge is 0.335 e. The maximum Gasteiger partial charge on any atom is 0.335 e. The van der Waals surface area contributed by atoms with E-state index in [4.69, 9.17) is 24.8 Å². The number of ether oxygens (including phenoxy) is 2. The highest BCUT2D eigenvalue weighted by Crippen LogP contribution is 2.24. The van der Waals surface area contributed by atoms with Gasteiger partial charge in [0, 0.05) is 0 Å². The normalized spacial score (nSPS) is 35.9. The lowest BCUT2D eigenvalue weighted by Gasteiger charge is -2.42. The van der Waals surface area contributed by atoms with E-state index in [1.54, 1.807) is 0 Å². The van der Waals surface area contributed by atoms with Gasteiger partial charge in [-0.3, -0.25) is 0 Å². The van der Waals surface area contributed by atoms with Crippen LogP contribution in [0, 0.1) is 0 Å². The minimum atomic E-state index is -2.39. The van der Waals surface area contributed by atoms with E-state index in [0.717, 1.165) is 0 Å². The molecule has 0 radical (unpaired) electrons. The standard InChI is InChI=1S/C12H22O12/c13-1-3(15)10(7(18)8(19)11(21)22)24-12-9(20)6(17)5(16)4(2-14)23-12/h3-10,12-20H,1-2H2,(H,21,22)/t3-,4+,5+,6-,7+,8+,9+,10-,12-/m0/s1. The van der Waals surface area contributed by atoms with Crippen LogP contribution in [-0.2, 0) is 14.3 Å². The van der Waals surface area contributed by atoms with Crippen LogP contribution in [0.2, 0.25) is 0 Å². The number of carbonyl (C=O) groups is 1. The van der Waals surface area contributed by atoms with Crippen molar-refractivity contribution in [2.45, 2.75) is 55.1 Å². The van der Waals surface area contributed by atoms with Gasteiger partial charge in [0.15, 0.2) is 12.4 Å². The predicted molar refractivity (Wildman–Crippen MR) is 71.4 cm³/mol. The molecule has 1 aliphatic heterocycles. The molecule has 1 aliphatic rings. The first kappa shape index (κ1) is 21.1. The summed E-state index contributed by atoms with van der Waals surface area (Å²) < 4.78 is 9.98. The number of hydrogen-bond acceptors (Lipinski definition) is 11. The van der Waals surface area contributed by atoms with Gasteiger partial charge in [-0.1, -0.05) is 0 Å². The molecule has 1 heterocycles. The van der Waals surface area contributed by atoms with Crippen molar-refractivity contribution in [2.75, 3.05) is 13.2 Å². The molecule has 142 valence electrons. The second kappa shape index (κ2) is 8.96. The van der Waals surface area contributed by atoms with Crippen molar-refractivity contribution in [3.8, 4) is 0 Å². The van der Waals surface area contributed by atoms with E-state index in [1.807, 2.05) is 0 Å². The first-order valence-corrected chi connectivity index (χ1v) is 6.99. The van der Waals surface area contributed by atoms with Crippen molar-refractivity contribution in [1.29, 1.82) is 0 Å². The van der Waals surface area contributed by atoms with Crippen molar-refractivity contribution in [1.82, 2.24) is 0 Å². The number of aliphatic carboxylic acids is 1. The van der Waals surface area contributed by atoms with Crippen LogP contribution in [0.1, 0.15) is 0 Å². The second-order valence-electron chi connectivity index (χ2n) is 5.32. The molecule has 0 aromatic rings. The highest BCUT2D eigenvalue weighted by atomic mass is 16.7. The van der Waals surface area contributed by atoms with Gasteiger partial charge in [0.05, 0.1) is 13.2 Å². The highest BCUT2D eigenvalue weighted by molar-refractivity contribution is 5.72. The van der Waals surface area contributed by atoms with E-state index in [9.17, 15) is 35.4 Å². The van der Waals surface area contributed by atoms with Crippen LogP contribution < -0.4 is 0 Å². The lowest BCUT2D eigenvalue weighted by molar-refractivity contribution is -0.326. The van der Waals surface area contributed by atoms with Crippen molar-refractivity contribution < 1.29 is 60.2 Å². The quantitative estimate of drug-likeness (QED) is 0.198. The van der Waals surface area contributed by atoms with Gasteiger partial charge in [-0.25, -0.2) is 4.79 Å². The SMILES string of the molecule is O=C(O)[C@H](O)[C@@H](O)[C@@H](O[C@@H]1O[C@H](CO)[C@@H](O)[C@H](O)[C@H]1O)[C@@H](O)CO. The summed E-state index contributed by atoms with van der Waals surface area (Å²) in [7, 11) is 0. The van der Waals surface area contributed by atoms with Crippen LogP contribution in [0.4, 0.5) is 0 Å². The predicted octanol–water partition coefficient (Wildman–Crippen LogP) is -5.67. The summed E-state index contributed by atoms with van der Waals surface area (Å²) in [4.78, 5) is 10.7. The first-order valence-electron chi connectivity index (χ1n) is 6.99. The van der Waals surface area contributed by atoms with Crippen molar-refractivity contribution in [3.05, 3.63) is 0 Å². The highest BCUT2D eigenvalue weighted by Gasteiger charge is 2.47. The fourth-order valence-corrected chi connectivity index (χ4v) is 2.16. The van der Waals surface area contributed by atoms with Crippen molar-refractivity contribution >= 4 is 5.97 Å². The zero-order valence-corrected chi connectivity index (χ0v) is 12.4. The largest absolute Gasteiger partial charge is 0.479 e. The van der Waals surface area contributed by atoms with Gasteiger partial charge < -0.3 is 55.4 Å². The average Bonchev–Trinajstić information content (AvgIpc) is 2.57. The minimum Gasteiger partial charge on any atom is -0.479 e. The Labute approximate surface area is 135 Å². The maximum absolute atomic E-state index is 10.7. The summed E-state index contributed by atoms with van der Waals surface area (Å²) >= 11 is 0. The lowest BCUT2D eigenvalue weighted by Crippen LogP contribution is -2.61. The first-order chi connectivity index (χ1) is 11.1. The van der Waals surface area contributed by atoms with Crippen LogP contribution in [-0.4, -0.2) is 120 Å². The summed E-state index contributed by atoms with van der Waals surface area (Å²) in [5.74, 6) is -1.84. The molecule has 0 spiro atoms. The number of carboxylic acid groups (broad SMARTS) is 1. The Morgan fingerprint density at radius 3 is 2.08 bits per heavy atom. The average molecular weight is 358 g/mol. The van der Waals surface area contributed by atoms with E-state index in [2.05, 4.69) is 0 Å². The van der Waals surface area contributed by atoms with E-state index in [0.29, 0.717) is 0 Å². The Bertz CT molecular complexity index is 403. The minimum absolute atomic E-state index is 0.766. The Morgan fingerprint density at radius 1 is 1.04 bits per heavy atom. The van der Waals surface area contributed by atoms with E-state index in [1.165, 1.54) is 0 Å². The van der Waals surface area contributed by atoms with Crippen LogP contribution in [0.3, 0.4) is 0 Å². The third-order valence-electron chi connectivity index (χ3n) is 3.62. The molecule has 1 fully saturated rings. The Hall–Kier alpha value is -0.930. The van der Waals surface area contributed by atoms with Gasteiger partial charge in [-0.05, 0) is 0 Å². The molecule has 24 heavy (non-hydrogen) atoms. The molecule has 0 saturated carbocycles. The third-order valence-corrected chi connectivity index (χ3v) is 3.62. The molecule has 0 aliphatic carbocycles. The summed E-state index contributed by atoms with van der Waals surface area (Å²) in [5, 5.41) is 84.5. The topological polar surface area (TPSA) is 218 Å². The zero-order valence-electron chi connectivity index (χ0n) is 12.4. The number of rotatable bonds is 8. The number of aliphatic hydroxyl groups is 8. The summed E-state index contributed by atoms with van der Waals surface area (Å²) in [6.45, 7) is -1.76. The second-order valence-corrected chi connectivity index (χ2v) is 5.32. The molecule has 9 atom stereocenters. The number of carboxylic acids is 1. The molecule has 0 aromatic carbocycles. The Morgan fingerprint density at radius 2 is 1.62 bits per heavy atom. The van der Waals surface area contributed by atoms with E-state index < -0.39 is 74.3 Å². The molecule has 1 saturated heterocycles. The fourth-order valence-electron chi connectivity index (χ4n) is 2.16. The third kappa shape index (κ3) is 4.58. The van der Waals surface area contributed by atoms with E-state index >= 15 is 0 Å². The van der Waals surface area contributed by atoms with Gasteiger partial charge >= 0.3 is 5.97 Å². The zero-order chi connectivity index (χ0) is 18.6. The lowest BCUT2D eigenvalue weighted by atomic mass is 9.98. The van der Waals surface area contributed by atoms with Crippen molar-refractivity contribution in [3.63, 3.8) is 0 Å². The Balaban J connectivity index is 2.94. The molecular weight excluding hydrogens is 336 g/mol. The van der Waals surface area contributed by atoms with Gasteiger partial charge in [0.2, 0.25) is 0 Å². The number of aliphatic hydroxyl groups excluding tert-OH is 8. The van der Waals surface area contributed by atoms with Gasteiger partial charge in [-0.15, -0.1) is 0 Å². The summed E-state index contributed by atoms with van der Waals surface area (Å²) in [5.41, 5.74) is 0. The number of hydrogen-bond donors (Lipinski definition) is 9. The van der Waals surface area contributed by atoms with Crippen molar-refractivity contribution in [2.24, 2.45) is 0 Å². The molecule has 12 nitrogen and oxygen atoms in total. The van der Waals surface area contributed by atoms with Crippen LogP contribution in [0.25, 0.3) is 0 Å². The van der Waals surface area contributed by atoms with Gasteiger partial charge in [-0.2, -0.15) is 0 Å². The molecular formula is C12H22O12. The molecule has 0 bridgehead atoms. The fraction of sp³-hybridized carbons (Fsp3) is 0.917. The van der Waals surface area contributed by atoms with Crippen LogP contribution in [0.15, 0.2) is 0 Å². The van der Waals surface area contributed by atoms with Crippen LogP contribution >= 0.6 is 0 Å². The van der Waals surface area contributed by atoms with Gasteiger partial charge in [0.1, 0.15) is 42.7 Å². The molecule has 0 unspecified atom stereocenters. The van der Waals surface area contributed by atoms with E-state index in [-0.39, 0.29) is 0 Å². The summed E-state index contributed by atoms with van der Waals surface area (Å²) in [6, 6.07) is 0. The van der Waals surface area contributed by atoms with Gasteiger partial charge in [0.25, 0.3) is 0 Å². The maximum atomic E-state index is 10.7. The molecule has 1 rings (SSSR count). The molecule has 0 amide bonds. The monoisotopic (exact) mass is 358 g/mol. The Kier molecular flexibility index (Phi) is 7.88. The molecule has 12 heteroatoms.